The van der Waals surface area contributed by atoms with Crippen molar-refractivity contribution < 1.29 is 27.1 Å². The fourth-order valence-corrected chi connectivity index (χ4v) is 5.48. The number of methoxy groups -OCH3 is 1. The maximum absolute atomic E-state index is 14.6. The van der Waals surface area contributed by atoms with Crippen molar-refractivity contribution in [2.45, 2.75) is 20.4 Å². The molecule has 3 aromatic heterocycles. The number of benzene rings is 1. The van der Waals surface area contributed by atoms with Crippen LogP contribution in [-0.2, 0) is 16.6 Å². The molecule has 4 aromatic rings. The van der Waals surface area contributed by atoms with Gasteiger partial charge in [-0.3, -0.25) is 4.79 Å². The minimum Gasteiger partial charge on any atom is -0.494 e. The minimum absolute atomic E-state index is 0.126. The van der Waals surface area contributed by atoms with Crippen LogP contribution in [0.3, 0.4) is 0 Å². The Labute approximate surface area is 217 Å². The second-order valence-corrected chi connectivity index (χ2v) is 10.9. The molecule has 0 fully saturated rings. The van der Waals surface area contributed by atoms with Crippen LogP contribution in [0.5, 0.6) is 11.5 Å². The van der Waals surface area contributed by atoms with E-state index in [1.807, 2.05) is 22.3 Å². The van der Waals surface area contributed by atoms with E-state index in [9.17, 15) is 17.6 Å². The highest BCUT2D eigenvalue weighted by atomic mass is 32.2. The molecular weight excluding hydrogens is 521 g/mol. The second-order valence-electron chi connectivity index (χ2n) is 8.06. The van der Waals surface area contributed by atoms with Crippen molar-refractivity contribution in [3.8, 4) is 22.1 Å². The fraction of sp³-hybridized carbons (Fsp3) is 0.292. The van der Waals surface area contributed by atoms with E-state index in [4.69, 9.17) is 9.47 Å². The molecule has 196 valence electrons. The molecule has 37 heavy (non-hydrogen) atoms. The number of ether oxygens (including phenoxy) is 2. The van der Waals surface area contributed by atoms with Crippen molar-refractivity contribution in [3.63, 3.8) is 0 Å². The van der Waals surface area contributed by atoms with Gasteiger partial charge >= 0.3 is 0 Å². The Morgan fingerprint density at radius 3 is 2.73 bits per heavy atom. The number of halogens is 1. The summed E-state index contributed by atoms with van der Waals surface area (Å²) in [4.78, 5) is 21.7. The van der Waals surface area contributed by atoms with Crippen LogP contribution in [0.2, 0.25) is 0 Å². The number of carbonyl (C=O) groups is 1. The van der Waals surface area contributed by atoms with Crippen molar-refractivity contribution in [2.24, 2.45) is 0 Å². The third-order valence-electron chi connectivity index (χ3n) is 5.48. The van der Waals surface area contributed by atoms with E-state index < -0.39 is 15.9 Å². The summed E-state index contributed by atoms with van der Waals surface area (Å²) in [6.45, 7) is 4.83. The summed E-state index contributed by atoms with van der Waals surface area (Å²) >= 11 is 1.06. The molecule has 0 aliphatic carbocycles. The molecule has 2 N–H and O–H groups in total. The van der Waals surface area contributed by atoms with Gasteiger partial charge in [-0.2, -0.15) is 0 Å². The van der Waals surface area contributed by atoms with Crippen LogP contribution < -0.4 is 19.5 Å². The fourth-order valence-electron chi connectivity index (χ4n) is 4.02. The zero-order valence-corrected chi connectivity index (χ0v) is 22.3. The summed E-state index contributed by atoms with van der Waals surface area (Å²) in [6.07, 6.45) is 2.29. The van der Waals surface area contributed by atoms with Gasteiger partial charge in [0.1, 0.15) is 34.3 Å². The summed E-state index contributed by atoms with van der Waals surface area (Å²) in [5.74, 6) is 0.332. The minimum atomic E-state index is -3.74. The van der Waals surface area contributed by atoms with Crippen LogP contribution in [0.4, 0.5) is 10.2 Å². The normalized spacial score (nSPS) is 11.5. The lowest BCUT2D eigenvalue weighted by molar-refractivity contribution is 0.0982. The summed E-state index contributed by atoms with van der Waals surface area (Å²) in [6, 6.07) is 8.25. The van der Waals surface area contributed by atoms with Gasteiger partial charge in [0, 0.05) is 30.6 Å². The summed E-state index contributed by atoms with van der Waals surface area (Å²) in [5, 5.41) is 3.93. The number of amides is 1. The average molecular weight is 548 g/mol. The lowest BCUT2D eigenvalue weighted by Crippen LogP contribution is -2.28. The number of fused-ring (bicyclic) bond motifs is 1. The molecule has 0 saturated heterocycles. The molecule has 0 bridgehead atoms. The predicted molar refractivity (Wildman–Crippen MR) is 140 cm³/mol. The number of thiophene rings is 1. The van der Waals surface area contributed by atoms with Gasteiger partial charge in [-0.1, -0.05) is 6.07 Å². The SMILES string of the molecule is CCOc1cc(-c2cc(NCCn3c(C)c(OC)c4cccc(F)c43)ncn2)sc1C(=O)NS(C)(=O)=O. The molecule has 1 amide bonds. The van der Waals surface area contributed by atoms with Gasteiger partial charge in [-0.05, 0) is 26.0 Å². The van der Waals surface area contributed by atoms with Crippen molar-refractivity contribution >= 4 is 44.0 Å². The van der Waals surface area contributed by atoms with Gasteiger partial charge < -0.3 is 19.4 Å². The van der Waals surface area contributed by atoms with E-state index in [2.05, 4.69) is 15.3 Å². The first kappa shape index (κ1) is 26.4. The zero-order chi connectivity index (χ0) is 26.7. The van der Waals surface area contributed by atoms with E-state index in [0.717, 1.165) is 23.3 Å². The van der Waals surface area contributed by atoms with Crippen LogP contribution in [0.1, 0.15) is 22.3 Å². The van der Waals surface area contributed by atoms with Crippen molar-refractivity contribution in [1.29, 1.82) is 0 Å². The Hall–Kier alpha value is -3.71. The standard InChI is InChI=1S/C24H26FN5O5S2/c1-5-35-18-12-19(36-23(18)24(31)29-37(4,32)33)17-11-20(28-13-27-17)26-9-10-30-14(2)22(34-3)15-7-6-8-16(25)21(15)30/h6-8,11-13H,5,9-10H2,1-4H3,(H,29,31)(H,26,27,28). The van der Waals surface area contributed by atoms with E-state index in [0.29, 0.717) is 52.7 Å². The van der Waals surface area contributed by atoms with E-state index in [1.54, 1.807) is 32.2 Å². The molecule has 10 nitrogen and oxygen atoms in total. The number of para-hydroxylation sites is 1. The predicted octanol–water partition coefficient (Wildman–Crippen LogP) is 3.82. The molecule has 1 aromatic carbocycles. The molecule has 0 aliphatic heterocycles. The van der Waals surface area contributed by atoms with Crippen molar-refractivity contribution in [1.82, 2.24) is 19.3 Å². The number of nitrogens with zero attached hydrogens (tertiary/aromatic N) is 3. The molecule has 0 spiro atoms. The van der Waals surface area contributed by atoms with E-state index >= 15 is 0 Å². The number of hydrogen-bond acceptors (Lipinski definition) is 9. The first-order chi connectivity index (χ1) is 17.6. The monoisotopic (exact) mass is 547 g/mol. The summed E-state index contributed by atoms with van der Waals surface area (Å²) in [7, 11) is -2.17. The number of carbonyl (C=O) groups excluding carboxylic acids is 1. The molecule has 0 radical (unpaired) electrons. The maximum atomic E-state index is 14.6. The highest BCUT2D eigenvalue weighted by Crippen LogP contribution is 2.36. The summed E-state index contributed by atoms with van der Waals surface area (Å²) in [5.41, 5.74) is 1.82. The van der Waals surface area contributed by atoms with Gasteiger partial charge in [-0.15, -0.1) is 11.3 Å². The Kier molecular flexibility index (Phi) is 7.64. The molecular formula is C24H26FN5O5S2. The Bertz CT molecular complexity index is 1570. The topological polar surface area (TPSA) is 124 Å². The molecule has 0 unspecified atom stereocenters. The lowest BCUT2D eigenvalue weighted by Gasteiger charge is -2.11. The van der Waals surface area contributed by atoms with Gasteiger partial charge in [0.05, 0.1) is 41.8 Å². The third kappa shape index (κ3) is 5.67. The van der Waals surface area contributed by atoms with Gasteiger partial charge in [0.25, 0.3) is 5.91 Å². The first-order valence-electron chi connectivity index (χ1n) is 11.3. The highest BCUT2D eigenvalue weighted by Gasteiger charge is 2.22. The van der Waals surface area contributed by atoms with Crippen LogP contribution in [0, 0.1) is 12.7 Å². The van der Waals surface area contributed by atoms with E-state index in [-0.39, 0.29) is 16.4 Å². The van der Waals surface area contributed by atoms with Gasteiger partial charge in [0.15, 0.2) is 0 Å². The number of rotatable bonds is 10. The quantitative estimate of drug-likeness (QED) is 0.307. The Morgan fingerprint density at radius 1 is 1.24 bits per heavy atom. The smallest absolute Gasteiger partial charge is 0.278 e. The van der Waals surface area contributed by atoms with Crippen molar-refractivity contribution in [2.75, 3.05) is 31.8 Å². The van der Waals surface area contributed by atoms with Crippen LogP contribution in [-0.4, -0.2) is 55.4 Å². The molecule has 0 aliphatic rings. The highest BCUT2D eigenvalue weighted by molar-refractivity contribution is 7.89. The molecule has 0 saturated carbocycles. The molecule has 0 atom stereocenters. The van der Waals surface area contributed by atoms with Crippen LogP contribution >= 0.6 is 11.3 Å². The van der Waals surface area contributed by atoms with E-state index in [1.165, 1.54) is 12.4 Å². The number of sulfonamides is 1. The number of anilines is 1. The van der Waals surface area contributed by atoms with Crippen molar-refractivity contribution in [3.05, 3.63) is 53.0 Å². The van der Waals surface area contributed by atoms with Crippen LogP contribution in [0.15, 0.2) is 36.7 Å². The Morgan fingerprint density at radius 2 is 2.03 bits per heavy atom. The lowest BCUT2D eigenvalue weighted by atomic mass is 10.2. The third-order valence-corrected chi connectivity index (χ3v) is 7.18. The second kappa shape index (κ2) is 10.7. The van der Waals surface area contributed by atoms with Gasteiger partial charge in [-0.25, -0.2) is 27.5 Å². The van der Waals surface area contributed by atoms with Crippen LogP contribution in [0.25, 0.3) is 21.5 Å². The number of nitrogens with one attached hydrogen (secondary N) is 2. The Balaban J connectivity index is 1.54. The number of aromatic nitrogens is 3. The zero-order valence-electron chi connectivity index (χ0n) is 20.7. The molecule has 3 heterocycles. The summed E-state index contributed by atoms with van der Waals surface area (Å²) < 4.78 is 52.5. The van der Waals surface area contributed by atoms with Gasteiger partial charge in [0.2, 0.25) is 10.0 Å². The average Bonchev–Trinajstić information content (AvgIpc) is 3.38. The number of hydrogen-bond donors (Lipinski definition) is 2. The molecule has 13 heteroatoms. The molecule has 4 rings (SSSR count). The largest absolute Gasteiger partial charge is 0.494 e. The maximum Gasteiger partial charge on any atom is 0.278 e. The first-order valence-corrected chi connectivity index (χ1v) is 14.0.